The topological polar surface area (TPSA) is 55.6 Å². The van der Waals surface area contributed by atoms with E-state index in [2.05, 4.69) is 6.92 Å². The first-order valence-electron chi connectivity index (χ1n) is 8.08. The minimum Gasteiger partial charge on any atom is -0.378 e. The molecule has 1 spiro atoms. The lowest BCUT2D eigenvalue weighted by Gasteiger charge is -2.57. The Morgan fingerprint density at radius 2 is 2.00 bits per heavy atom. The van der Waals surface area contributed by atoms with Crippen LogP contribution in [0.25, 0.3) is 0 Å². The fourth-order valence-electron chi connectivity index (χ4n) is 4.09. The number of hydrogen-bond acceptors (Lipinski definition) is 3. The Hall–Kier alpha value is -0.610. The minimum absolute atomic E-state index is 0.0905. The zero-order chi connectivity index (χ0) is 14.9. The molecule has 2 aliphatic carbocycles. The van der Waals surface area contributed by atoms with E-state index in [-0.39, 0.29) is 23.3 Å². The maximum Gasteiger partial charge on any atom is 0.226 e. The molecule has 0 aromatic heterocycles. The lowest BCUT2D eigenvalue weighted by molar-refractivity contribution is -0.174. The van der Waals surface area contributed by atoms with Crippen LogP contribution < -0.4 is 5.73 Å². The number of carbonyl (C=O) groups is 1. The van der Waals surface area contributed by atoms with Crippen LogP contribution in [0.5, 0.6) is 0 Å². The van der Waals surface area contributed by atoms with Crippen molar-refractivity contribution in [3.05, 3.63) is 0 Å². The third kappa shape index (κ3) is 2.48. The highest BCUT2D eigenvalue weighted by Gasteiger charge is 2.58. The Bertz CT molecular complexity index is 350. The fraction of sp³-hybridized carbons (Fsp3) is 0.938. The van der Waals surface area contributed by atoms with E-state index >= 15 is 0 Å². The zero-order valence-electron chi connectivity index (χ0n) is 13.4. The van der Waals surface area contributed by atoms with Gasteiger partial charge in [0, 0.05) is 31.2 Å². The fourth-order valence-corrected chi connectivity index (χ4v) is 4.09. The van der Waals surface area contributed by atoms with Gasteiger partial charge in [-0.05, 0) is 33.1 Å². The van der Waals surface area contributed by atoms with Crippen molar-refractivity contribution in [2.24, 2.45) is 17.1 Å². The van der Waals surface area contributed by atoms with Crippen LogP contribution in [0, 0.1) is 11.3 Å². The monoisotopic (exact) mass is 282 g/mol. The van der Waals surface area contributed by atoms with Gasteiger partial charge in [-0.1, -0.05) is 19.8 Å². The molecular weight excluding hydrogens is 252 g/mol. The molecule has 0 aromatic rings. The first kappa shape index (κ1) is 15.8. The van der Waals surface area contributed by atoms with Crippen molar-refractivity contribution in [1.29, 1.82) is 0 Å². The van der Waals surface area contributed by atoms with Crippen LogP contribution in [0.4, 0.5) is 0 Å². The van der Waals surface area contributed by atoms with Gasteiger partial charge < -0.3 is 15.4 Å². The van der Waals surface area contributed by atoms with Crippen LogP contribution in [0.2, 0.25) is 0 Å². The molecule has 0 aromatic carbocycles. The highest BCUT2D eigenvalue weighted by Crippen LogP contribution is 2.56. The van der Waals surface area contributed by atoms with Gasteiger partial charge in [-0.15, -0.1) is 0 Å². The maximum atomic E-state index is 12.5. The maximum absolute atomic E-state index is 12.5. The smallest absolute Gasteiger partial charge is 0.226 e. The molecule has 4 heteroatoms. The van der Waals surface area contributed by atoms with Gasteiger partial charge in [0.2, 0.25) is 5.91 Å². The van der Waals surface area contributed by atoms with Gasteiger partial charge in [0.15, 0.2) is 0 Å². The summed E-state index contributed by atoms with van der Waals surface area (Å²) in [5.74, 6) is 0.0795. The molecule has 0 saturated heterocycles. The second-order valence-electron chi connectivity index (χ2n) is 6.73. The van der Waals surface area contributed by atoms with Crippen LogP contribution in [0.1, 0.15) is 52.9 Å². The third-order valence-electron chi connectivity index (χ3n) is 5.64. The lowest BCUT2D eigenvalue weighted by Crippen LogP contribution is -2.64. The molecular formula is C16H30N2O2. The quantitative estimate of drug-likeness (QED) is 0.841. The average molecular weight is 282 g/mol. The summed E-state index contributed by atoms with van der Waals surface area (Å²) in [6.07, 6.45) is 6.28. The number of carbonyl (C=O) groups excluding carboxylic acids is 1. The van der Waals surface area contributed by atoms with Crippen LogP contribution in [0.15, 0.2) is 0 Å². The van der Waals surface area contributed by atoms with Crippen LogP contribution in [0.3, 0.4) is 0 Å². The van der Waals surface area contributed by atoms with Gasteiger partial charge in [0.05, 0.1) is 12.0 Å². The molecule has 0 aliphatic heterocycles. The zero-order valence-corrected chi connectivity index (χ0v) is 13.4. The van der Waals surface area contributed by atoms with E-state index < -0.39 is 0 Å². The molecule has 1 amide bonds. The summed E-state index contributed by atoms with van der Waals surface area (Å²) in [6.45, 7) is 6.67. The molecule has 2 rings (SSSR count). The third-order valence-corrected chi connectivity index (χ3v) is 5.64. The van der Waals surface area contributed by atoms with Gasteiger partial charge in [-0.2, -0.15) is 0 Å². The standard InChI is InChI=1S/C16H30N2O2/c1-5-20-14-10-13(16(14)8-6-7-9-16)18(4)15(19)11(2)12(3)17/h11-14H,5-10,17H2,1-4H3. The second-order valence-corrected chi connectivity index (χ2v) is 6.73. The molecule has 4 nitrogen and oxygen atoms in total. The summed E-state index contributed by atoms with van der Waals surface area (Å²) in [6, 6.07) is 0.252. The minimum atomic E-state index is -0.107. The summed E-state index contributed by atoms with van der Waals surface area (Å²) in [7, 11) is 1.95. The van der Waals surface area contributed by atoms with Crippen molar-refractivity contribution >= 4 is 5.91 Å². The molecule has 20 heavy (non-hydrogen) atoms. The van der Waals surface area contributed by atoms with Gasteiger partial charge in [0.1, 0.15) is 0 Å². The van der Waals surface area contributed by atoms with E-state index in [4.69, 9.17) is 10.5 Å². The normalized spacial score (nSPS) is 30.9. The van der Waals surface area contributed by atoms with Crippen molar-refractivity contribution in [2.75, 3.05) is 13.7 Å². The van der Waals surface area contributed by atoms with Crippen molar-refractivity contribution in [2.45, 2.75) is 71.1 Å². The SMILES string of the molecule is CCOC1CC(N(C)C(=O)C(C)C(C)N)C12CCCC2. The first-order valence-corrected chi connectivity index (χ1v) is 8.08. The first-order chi connectivity index (χ1) is 9.44. The van der Waals surface area contributed by atoms with Crippen molar-refractivity contribution < 1.29 is 9.53 Å². The Morgan fingerprint density at radius 3 is 2.50 bits per heavy atom. The molecule has 0 bridgehead atoms. The van der Waals surface area contributed by atoms with E-state index in [0.717, 1.165) is 13.0 Å². The van der Waals surface area contributed by atoms with E-state index in [1.807, 2.05) is 25.8 Å². The van der Waals surface area contributed by atoms with Gasteiger partial charge >= 0.3 is 0 Å². The summed E-state index contributed by atoms with van der Waals surface area (Å²) >= 11 is 0. The van der Waals surface area contributed by atoms with Crippen LogP contribution in [-0.2, 0) is 9.53 Å². The lowest BCUT2D eigenvalue weighted by atomic mass is 9.60. The van der Waals surface area contributed by atoms with Crippen LogP contribution in [-0.4, -0.2) is 42.6 Å². The van der Waals surface area contributed by atoms with Gasteiger partial charge in [0.25, 0.3) is 0 Å². The van der Waals surface area contributed by atoms with Gasteiger partial charge in [-0.3, -0.25) is 4.79 Å². The van der Waals surface area contributed by atoms with Gasteiger partial charge in [-0.25, -0.2) is 0 Å². The molecule has 0 heterocycles. The van der Waals surface area contributed by atoms with E-state index in [0.29, 0.717) is 12.1 Å². The largest absolute Gasteiger partial charge is 0.378 e. The Labute approximate surface area is 123 Å². The highest BCUT2D eigenvalue weighted by atomic mass is 16.5. The number of nitrogens with two attached hydrogens (primary N) is 1. The average Bonchev–Trinajstić information content (AvgIpc) is 2.92. The molecule has 2 aliphatic rings. The molecule has 2 fully saturated rings. The number of ether oxygens (including phenoxy) is 1. The molecule has 4 unspecified atom stereocenters. The van der Waals surface area contributed by atoms with Crippen LogP contribution >= 0.6 is 0 Å². The summed E-state index contributed by atoms with van der Waals surface area (Å²) in [5, 5.41) is 0. The van der Waals surface area contributed by atoms with E-state index in [1.165, 1.54) is 25.7 Å². The Kier molecular flexibility index (Phi) is 4.75. The molecule has 116 valence electrons. The second kappa shape index (κ2) is 6.02. The Balaban J connectivity index is 2.07. The predicted octanol–water partition coefficient (Wildman–Crippen LogP) is 2.17. The van der Waals surface area contributed by atoms with Crippen molar-refractivity contribution in [3.8, 4) is 0 Å². The molecule has 2 saturated carbocycles. The molecule has 0 radical (unpaired) electrons. The Morgan fingerprint density at radius 1 is 1.40 bits per heavy atom. The predicted molar refractivity (Wildman–Crippen MR) is 80.3 cm³/mol. The summed E-state index contributed by atoms with van der Waals surface area (Å²) < 4.78 is 5.92. The van der Waals surface area contributed by atoms with Crippen molar-refractivity contribution in [3.63, 3.8) is 0 Å². The van der Waals surface area contributed by atoms with E-state index in [9.17, 15) is 4.79 Å². The summed E-state index contributed by atoms with van der Waals surface area (Å²) in [5.41, 5.74) is 6.10. The number of hydrogen-bond donors (Lipinski definition) is 1. The highest BCUT2D eigenvalue weighted by molar-refractivity contribution is 5.79. The number of rotatable bonds is 5. The molecule has 2 N–H and O–H groups in total. The number of amides is 1. The van der Waals surface area contributed by atoms with Crippen molar-refractivity contribution in [1.82, 2.24) is 4.90 Å². The number of nitrogens with zero attached hydrogens (tertiary/aromatic N) is 1. The summed E-state index contributed by atoms with van der Waals surface area (Å²) in [4.78, 5) is 14.5. The molecule has 4 atom stereocenters. The van der Waals surface area contributed by atoms with E-state index in [1.54, 1.807) is 0 Å².